The zero-order chi connectivity index (χ0) is 13.0. The number of ether oxygens (including phenoxy) is 1. The minimum atomic E-state index is -1.72. The molecule has 0 spiro atoms. The van der Waals surface area contributed by atoms with E-state index in [1.54, 1.807) is 0 Å². The molecule has 0 amide bonds. The van der Waals surface area contributed by atoms with Gasteiger partial charge in [0.05, 0.1) is 0 Å². The molecule has 0 unspecified atom stereocenters. The zero-order valence-electron chi connectivity index (χ0n) is 8.02. The summed E-state index contributed by atoms with van der Waals surface area (Å²) >= 11 is 10.4. The molecule has 3 nitrogen and oxygen atoms in total. The molecular formula is C9H4Cl2F3NO2. The van der Waals surface area contributed by atoms with Gasteiger partial charge in [0, 0.05) is 6.07 Å². The molecule has 1 aromatic heterocycles. The highest BCUT2D eigenvalue weighted by molar-refractivity contribution is 6.55. The van der Waals surface area contributed by atoms with Crippen LogP contribution >= 0.6 is 23.2 Å². The van der Waals surface area contributed by atoms with E-state index in [4.69, 9.17) is 23.2 Å². The first-order valence-corrected chi connectivity index (χ1v) is 4.87. The Morgan fingerprint density at radius 3 is 2.65 bits per heavy atom. The van der Waals surface area contributed by atoms with Crippen LogP contribution in [-0.2, 0) is 4.74 Å². The Morgan fingerprint density at radius 1 is 1.41 bits per heavy atom. The van der Waals surface area contributed by atoms with Gasteiger partial charge in [-0.05, 0) is 6.08 Å². The molecule has 1 aromatic rings. The molecule has 8 heteroatoms. The van der Waals surface area contributed by atoms with Gasteiger partial charge in [-0.3, -0.25) is 0 Å². The number of hydrogen-bond acceptors (Lipinski definition) is 3. The number of pyridine rings is 1. The fourth-order valence-electron chi connectivity index (χ4n) is 0.875. The van der Waals surface area contributed by atoms with Gasteiger partial charge in [0.15, 0.2) is 5.82 Å². The van der Waals surface area contributed by atoms with Crippen LogP contribution in [0.3, 0.4) is 0 Å². The molecule has 17 heavy (non-hydrogen) atoms. The summed E-state index contributed by atoms with van der Waals surface area (Å²) in [6.07, 6.45) is 1.10. The van der Waals surface area contributed by atoms with Crippen molar-refractivity contribution in [2.45, 2.75) is 0 Å². The summed E-state index contributed by atoms with van der Waals surface area (Å²) in [5.41, 5.74) is -0.894. The Hall–Kier alpha value is -1.27. The lowest BCUT2D eigenvalue weighted by Gasteiger charge is -2.03. The summed E-state index contributed by atoms with van der Waals surface area (Å²) in [7, 11) is 0. The van der Waals surface area contributed by atoms with Crippen molar-refractivity contribution in [3.8, 4) is 0 Å². The number of halogens is 5. The van der Waals surface area contributed by atoms with Crippen molar-refractivity contribution in [1.29, 1.82) is 0 Å². The van der Waals surface area contributed by atoms with Gasteiger partial charge in [0.25, 0.3) is 5.95 Å². The van der Waals surface area contributed by atoms with Crippen LogP contribution in [-0.4, -0.2) is 17.6 Å². The molecule has 0 aromatic carbocycles. The summed E-state index contributed by atoms with van der Waals surface area (Å²) in [6, 6.07) is 0.423. The van der Waals surface area contributed by atoms with Crippen LogP contribution in [0.4, 0.5) is 13.2 Å². The number of carbonyl (C=O) groups is 1. The third kappa shape index (κ3) is 3.90. The quantitative estimate of drug-likeness (QED) is 0.633. The van der Waals surface area contributed by atoms with Gasteiger partial charge in [-0.1, -0.05) is 23.2 Å². The standard InChI is InChI=1S/C9H4Cl2F3NO2/c10-5(11)1-2-17-9(16)4-3-6(12)15-8(14)7(4)13/h1,3H,2H2. The van der Waals surface area contributed by atoms with Gasteiger partial charge in [-0.2, -0.15) is 13.8 Å². The second-order valence-corrected chi connectivity index (χ2v) is 3.70. The topological polar surface area (TPSA) is 39.2 Å². The Bertz CT molecular complexity index is 476. The lowest BCUT2D eigenvalue weighted by molar-refractivity contribution is 0.0541. The molecular weight excluding hydrogens is 282 g/mol. The van der Waals surface area contributed by atoms with Crippen LogP contribution in [0.1, 0.15) is 10.4 Å². The molecule has 1 heterocycles. The van der Waals surface area contributed by atoms with E-state index in [1.165, 1.54) is 0 Å². The molecule has 0 atom stereocenters. The minimum Gasteiger partial charge on any atom is -0.458 e. The maximum Gasteiger partial charge on any atom is 0.341 e. The normalized spacial score (nSPS) is 9.94. The molecule has 0 N–H and O–H groups in total. The Labute approximate surface area is 104 Å². The maximum absolute atomic E-state index is 13.0. The van der Waals surface area contributed by atoms with Gasteiger partial charge in [-0.25, -0.2) is 9.18 Å². The minimum absolute atomic E-state index is 0.162. The first-order valence-electron chi connectivity index (χ1n) is 4.11. The summed E-state index contributed by atoms with van der Waals surface area (Å²) in [5.74, 6) is -5.89. The predicted octanol–water partition coefficient (Wildman–Crippen LogP) is 2.97. The second kappa shape index (κ2) is 5.88. The number of hydrogen-bond donors (Lipinski definition) is 0. The third-order valence-electron chi connectivity index (χ3n) is 1.56. The first kappa shape index (κ1) is 13.8. The SMILES string of the molecule is O=C(OCC=C(Cl)Cl)c1cc(F)nc(F)c1F. The molecule has 0 saturated heterocycles. The van der Waals surface area contributed by atoms with Gasteiger partial charge >= 0.3 is 5.97 Å². The molecule has 0 aliphatic heterocycles. The van der Waals surface area contributed by atoms with E-state index in [-0.39, 0.29) is 11.1 Å². The van der Waals surface area contributed by atoms with Crippen LogP contribution in [0.2, 0.25) is 0 Å². The van der Waals surface area contributed by atoms with E-state index in [0.29, 0.717) is 6.07 Å². The molecule has 0 radical (unpaired) electrons. The van der Waals surface area contributed by atoms with Gasteiger partial charge < -0.3 is 4.74 Å². The summed E-state index contributed by atoms with van der Waals surface area (Å²) in [5, 5.41) is 0. The van der Waals surface area contributed by atoms with Gasteiger partial charge in [0.1, 0.15) is 16.7 Å². The van der Waals surface area contributed by atoms with Crippen molar-refractivity contribution in [2.75, 3.05) is 6.61 Å². The van der Waals surface area contributed by atoms with Crippen molar-refractivity contribution in [3.63, 3.8) is 0 Å². The molecule has 0 aliphatic rings. The Kier molecular flexibility index (Phi) is 4.77. The number of esters is 1. The molecule has 0 saturated carbocycles. The van der Waals surface area contributed by atoms with E-state index >= 15 is 0 Å². The lowest BCUT2D eigenvalue weighted by atomic mass is 10.2. The van der Waals surface area contributed by atoms with Crippen molar-refractivity contribution >= 4 is 29.2 Å². The van der Waals surface area contributed by atoms with Gasteiger partial charge in [-0.15, -0.1) is 0 Å². The molecule has 1 rings (SSSR count). The van der Waals surface area contributed by atoms with E-state index in [1.807, 2.05) is 0 Å². The molecule has 0 aliphatic carbocycles. The monoisotopic (exact) mass is 285 g/mol. The number of aromatic nitrogens is 1. The van der Waals surface area contributed by atoms with E-state index < -0.39 is 29.2 Å². The van der Waals surface area contributed by atoms with Crippen LogP contribution in [0.5, 0.6) is 0 Å². The first-order chi connectivity index (χ1) is 7.91. The molecule has 92 valence electrons. The summed E-state index contributed by atoms with van der Waals surface area (Å²) in [6.45, 7) is -0.355. The summed E-state index contributed by atoms with van der Waals surface area (Å²) < 4.78 is 42.6. The van der Waals surface area contributed by atoms with Crippen LogP contribution in [0.25, 0.3) is 0 Å². The molecule has 0 fully saturated rings. The molecule has 0 bridgehead atoms. The zero-order valence-corrected chi connectivity index (χ0v) is 9.53. The van der Waals surface area contributed by atoms with Crippen molar-refractivity contribution < 1.29 is 22.7 Å². The number of rotatable bonds is 3. The van der Waals surface area contributed by atoms with E-state index in [2.05, 4.69) is 9.72 Å². The average molecular weight is 286 g/mol. The highest BCUT2D eigenvalue weighted by Gasteiger charge is 2.19. The van der Waals surface area contributed by atoms with Gasteiger partial charge in [0.2, 0.25) is 5.95 Å². The van der Waals surface area contributed by atoms with Crippen molar-refractivity contribution in [1.82, 2.24) is 4.98 Å². The largest absolute Gasteiger partial charge is 0.458 e. The van der Waals surface area contributed by atoms with E-state index in [9.17, 15) is 18.0 Å². The lowest BCUT2D eigenvalue weighted by Crippen LogP contribution is -2.11. The maximum atomic E-state index is 13.0. The number of nitrogens with zero attached hydrogens (tertiary/aromatic N) is 1. The smallest absolute Gasteiger partial charge is 0.341 e. The fourth-order valence-corrected chi connectivity index (χ4v) is 1.00. The van der Waals surface area contributed by atoms with Crippen molar-refractivity contribution in [3.05, 3.63) is 39.9 Å². The van der Waals surface area contributed by atoms with E-state index in [0.717, 1.165) is 6.08 Å². The second-order valence-electron chi connectivity index (χ2n) is 2.69. The van der Waals surface area contributed by atoms with Crippen molar-refractivity contribution in [2.24, 2.45) is 0 Å². The summed E-state index contributed by atoms with van der Waals surface area (Å²) in [4.78, 5) is 13.8. The Balaban J connectivity index is 2.86. The predicted molar refractivity (Wildman–Crippen MR) is 54.2 cm³/mol. The van der Waals surface area contributed by atoms with Crippen LogP contribution < -0.4 is 0 Å². The number of carbonyl (C=O) groups excluding carboxylic acids is 1. The fraction of sp³-hybridized carbons (Fsp3) is 0.111. The van der Waals surface area contributed by atoms with Crippen LogP contribution in [0, 0.1) is 17.7 Å². The average Bonchev–Trinajstić information content (AvgIpc) is 2.22. The highest BCUT2D eigenvalue weighted by Crippen LogP contribution is 2.13. The highest BCUT2D eigenvalue weighted by atomic mass is 35.5. The third-order valence-corrected chi connectivity index (χ3v) is 1.87. The Morgan fingerprint density at radius 2 is 2.06 bits per heavy atom. The van der Waals surface area contributed by atoms with Crippen LogP contribution in [0.15, 0.2) is 16.6 Å².